The molecular weight excluding hydrogens is 262 g/mol. The maximum Gasteiger partial charge on any atom is 0.122 e. The van der Waals surface area contributed by atoms with Crippen LogP contribution >= 0.6 is 0 Å². The molecule has 2 rings (SSSR count). The molecule has 1 aliphatic heterocycles. The van der Waals surface area contributed by atoms with Gasteiger partial charge in [0, 0.05) is 12.6 Å². The van der Waals surface area contributed by atoms with Crippen LogP contribution in [0.4, 0.5) is 0 Å². The molecule has 1 heterocycles. The highest BCUT2D eigenvalue weighted by Crippen LogP contribution is 2.34. The normalized spacial score (nSPS) is 17.4. The van der Waals surface area contributed by atoms with Crippen molar-refractivity contribution in [2.24, 2.45) is 0 Å². The number of ether oxygens (including phenoxy) is 1. The average Bonchev–Trinajstić information content (AvgIpc) is 2.99. The quantitative estimate of drug-likeness (QED) is 0.831. The number of aliphatic hydroxyl groups is 1. The third-order valence-electron chi connectivity index (χ3n) is 4.32. The molecule has 1 fully saturated rings. The van der Waals surface area contributed by atoms with Crippen LogP contribution in [-0.4, -0.2) is 36.3 Å². The Bertz CT molecular complexity index is 439. The second kappa shape index (κ2) is 7.81. The maximum absolute atomic E-state index is 9.42. The third-order valence-corrected chi connectivity index (χ3v) is 4.32. The van der Waals surface area contributed by atoms with Crippen LogP contribution in [0.2, 0.25) is 0 Å². The van der Waals surface area contributed by atoms with Gasteiger partial charge in [0.15, 0.2) is 0 Å². The van der Waals surface area contributed by atoms with E-state index in [9.17, 15) is 5.11 Å². The number of likely N-dealkylation sites (tertiary alicyclic amines) is 1. The molecule has 1 aromatic rings. The van der Waals surface area contributed by atoms with Crippen molar-refractivity contribution in [1.29, 1.82) is 0 Å². The summed E-state index contributed by atoms with van der Waals surface area (Å²) in [4.78, 5) is 2.51. The van der Waals surface area contributed by atoms with E-state index in [1.165, 1.54) is 24.0 Å². The zero-order valence-corrected chi connectivity index (χ0v) is 13.6. The van der Waals surface area contributed by atoms with Gasteiger partial charge in [-0.1, -0.05) is 26.0 Å². The Morgan fingerprint density at radius 3 is 2.52 bits per heavy atom. The number of aliphatic hydroxyl groups excluding tert-OH is 1. The predicted molar refractivity (Wildman–Crippen MR) is 87.0 cm³/mol. The summed E-state index contributed by atoms with van der Waals surface area (Å²) in [6.45, 7) is 9.67. The fourth-order valence-corrected chi connectivity index (χ4v) is 3.25. The van der Waals surface area contributed by atoms with Crippen molar-refractivity contribution in [2.75, 3.05) is 26.3 Å². The van der Waals surface area contributed by atoms with Crippen LogP contribution < -0.4 is 4.74 Å². The molecule has 0 aliphatic carbocycles. The second-order valence-electron chi connectivity index (χ2n) is 6.16. The minimum Gasteiger partial charge on any atom is -0.494 e. The molecule has 118 valence electrons. The molecule has 1 aliphatic rings. The van der Waals surface area contributed by atoms with Crippen molar-refractivity contribution < 1.29 is 9.84 Å². The van der Waals surface area contributed by atoms with Gasteiger partial charge in [-0.15, -0.1) is 0 Å². The molecule has 3 nitrogen and oxygen atoms in total. The molecule has 3 heteroatoms. The van der Waals surface area contributed by atoms with Gasteiger partial charge < -0.3 is 9.84 Å². The minimum absolute atomic E-state index is 0.241. The SMILES string of the molecule is CCOc1ccc(C(CCO)N2CCCC2)cc1C(C)C. The summed E-state index contributed by atoms with van der Waals surface area (Å²) in [5.41, 5.74) is 2.59. The monoisotopic (exact) mass is 291 g/mol. The number of nitrogens with zero attached hydrogens (tertiary/aromatic N) is 1. The van der Waals surface area contributed by atoms with Crippen LogP contribution in [0, 0.1) is 0 Å². The van der Waals surface area contributed by atoms with Crippen LogP contribution in [0.5, 0.6) is 5.75 Å². The molecular formula is C18H29NO2. The van der Waals surface area contributed by atoms with Gasteiger partial charge in [0.05, 0.1) is 6.61 Å². The van der Waals surface area contributed by atoms with E-state index in [0.717, 1.165) is 25.3 Å². The molecule has 0 saturated carbocycles. The molecule has 0 bridgehead atoms. The molecule has 0 radical (unpaired) electrons. The van der Waals surface area contributed by atoms with Crippen molar-refractivity contribution in [3.8, 4) is 5.75 Å². The fraction of sp³-hybridized carbons (Fsp3) is 0.667. The van der Waals surface area contributed by atoms with Gasteiger partial charge in [0.25, 0.3) is 0 Å². The molecule has 1 saturated heterocycles. The maximum atomic E-state index is 9.42. The first kappa shape index (κ1) is 16.3. The number of benzene rings is 1. The van der Waals surface area contributed by atoms with Gasteiger partial charge in [-0.25, -0.2) is 0 Å². The van der Waals surface area contributed by atoms with Gasteiger partial charge in [-0.2, -0.15) is 0 Å². The van der Waals surface area contributed by atoms with E-state index in [2.05, 4.69) is 36.9 Å². The lowest BCUT2D eigenvalue weighted by molar-refractivity contribution is 0.185. The van der Waals surface area contributed by atoms with Gasteiger partial charge in [0.1, 0.15) is 5.75 Å². The van der Waals surface area contributed by atoms with Crippen molar-refractivity contribution in [3.63, 3.8) is 0 Å². The summed E-state index contributed by atoms with van der Waals surface area (Å²) in [6, 6.07) is 6.91. The molecule has 0 amide bonds. The Morgan fingerprint density at radius 2 is 1.95 bits per heavy atom. The number of hydrogen-bond donors (Lipinski definition) is 1. The number of hydrogen-bond acceptors (Lipinski definition) is 3. The topological polar surface area (TPSA) is 32.7 Å². The molecule has 0 spiro atoms. The standard InChI is InChI=1S/C18H29NO2/c1-4-21-18-8-7-15(13-16(18)14(2)3)17(9-12-20)19-10-5-6-11-19/h7-8,13-14,17,20H,4-6,9-12H2,1-3H3. The second-order valence-corrected chi connectivity index (χ2v) is 6.16. The summed E-state index contributed by atoms with van der Waals surface area (Å²) < 4.78 is 5.76. The van der Waals surface area contributed by atoms with E-state index >= 15 is 0 Å². The van der Waals surface area contributed by atoms with E-state index in [1.54, 1.807) is 0 Å². The average molecular weight is 291 g/mol. The van der Waals surface area contributed by atoms with E-state index in [1.807, 2.05) is 6.92 Å². The highest BCUT2D eigenvalue weighted by atomic mass is 16.5. The minimum atomic E-state index is 0.241. The Morgan fingerprint density at radius 1 is 1.24 bits per heavy atom. The van der Waals surface area contributed by atoms with Gasteiger partial charge >= 0.3 is 0 Å². The summed E-state index contributed by atoms with van der Waals surface area (Å²) in [7, 11) is 0. The van der Waals surface area contributed by atoms with Crippen LogP contribution in [-0.2, 0) is 0 Å². The van der Waals surface area contributed by atoms with Gasteiger partial charge in [-0.05, 0) is 62.4 Å². The van der Waals surface area contributed by atoms with E-state index in [0.29, 0.717) is 18.6 Å². The molecule has 1 atom stereocenters. The van der Waals surface area contributed by atoms with Crippen LogP contribution in [0.1, 0.15) is 63.1 Å². The molecule has 1 unspecified atom stereocenters. The van der Waals surface area contributed by atoms with Crippen LogP contribution in [0.25, 0.3) is 0 Å². The fourth-order valence-electron chi connectivity index (χ4n) is 3.25. The third kappa shape index (κ3) is 3.98. The first-order valence-corrected chi connectivity index (χ1v) is 8.29. The lowest BCUT2D eigenvalue weighted by atomic mass is 9.94. The Hall–Kier alpha value is -1.06. The highest BCUT2D eigenvalue weighted by Gasteiger charge is 2.24. The predicted octanol–water partition coefficient (Wildman–Crippen LogP) is 3.73. The zero-order valence-electron chi connectivity index (χ0n) is 13.6. The highest BCUT2D eigenvalue weighted by molar-refractivity contribution is 5.40. The van der Waals surface area contributed by atoms with E-state index in [4.69, 9.17) is 4.74 Å². The largest absolute Gasteiger partial charge is 0.494 e. The summed E-state index contributed by atoms with van der Waals surface area (Å²) in [5, 5.41) is 9.42. The van der Waals surface area contributed by atoms with E-state index in [-0.39, 0.29) is 6.61 Å². The Balaban J connectivity index is 2.29. The van der Waals surface area contributed by atoms with Crippen LogP contribution in [0.15, 0.2) is 18.2 Å². The first-order chi connectivity index (χ1) is 10.2. The summed E-state index contributed by atoms with van der Waals surface area (Å²) in [6.07, 6.45) is 3.36. The summed E-state index contributed by atoms with van der Waals surface area (Å²) in [5.74, 6) is 1.44. The lowest BCUT2D eigenvalue weighted by Gasteiger charge is -2.28. The molecule has 1 N–H and O–H groups in total. The van der Waals surface area contributed by atoms with Gasteiger partial charge in [0.2, 0.25) is 0 Å². The van der Waals surface area contributed by atoms with Crippen LogP contribution in [0.3, 0.4) is 0 Å². The van der Waals surface area contributed by atoms with Gasteiger partial charge in [-0.3, -0.25) is 4.90 Å². The Labute approximate surface area is 128 Å². The van der Waals surface area contributed by atoms with Crippen molar-refractivity contribution in [1.82, 2.24) is 4.90 Å². The molecule has 0 aromatic heterocycles. The van der Waals surface area contributed by atoms with Crippen molar-refractivity contribution in [2.45, 2.75) is 52.0 Å². The summed E-state index contributed by atoms with van der Waals surface area (Å²) >= 11 is 0. The number of rotatable bonds is 7. The van der Waals surface area contributed by atoms with Crippen molar-refractivity contribution in [3.05, 3.63) is 29.3 Å². The molecule has 21 heavy (non-hydrogen) atoms. The Kier molecular flexibility index (Phi) is 6.07. The molecule has 1 aromatic carbocycles. The van der Waals surface area contributed by atoms with Crippen molar-refractivity contribution >= 4 is 0 Å². The first-order valence-electron chi connectivity index (χ1n) is 8.29. The zero-order chi connectivity index (χ0) is 15.2. The van der Waals surface area contributed by atoms with E-state index < -0.39 is 0 Å². The smallest absolute Gasteiger partial charge is 0.122 e. The lowest BCUT2D eigenvalue weighted by Crippen LogP contribution is -2.26.